The number of halogens is 5. The molecule has 1 fully saturated rings. The Morgan fingerprint density at radius 1 is 1.09 bits per heavy atom. The van der Waals surface area contributed by atoms with Crippen LogP contribution in [0.25, 0.3) is 10.9 Å². The van der Waals surface area contributed by atoms with Gasteiger partial charge in [-0.25, -0.2) is 4.39 Å². The zero-order valence-electron chi connectivity index (χ0n) is 17.0. The van der Waals surface area contributed by atoms with Gasteiger partial charge in [-0.05, 0) is 49.9 Å². The highest BCUT2D eigenvalue weighted by molar-refractivity contribution is 6.34. The smallest absolute Gasteiger partial charge is 0.417 e. The summed E-state index contributed by atoms with van der Waals surface area (Å²) in [6, 6.07) is 6.61. The van der Waals surface area contributed by atoms with Crippen molar-refractivity contribution in [1.82, 2.24) is 9.78 Å². The fourth-order valence-electron chi connectivity index (χ4n) is 4.15. The minimum absolute atomic E-state index is 0.00385. The molecule has 0 aliphatic heterocycles. The maximum atomic E-state index is 14.7. The number of aromatic nitrogens is 2. The van der Waals surface area contributed by atoms with Crippen molar-refractivity contribution in [3.8, 4) is 0 Å². The predicted octanol–water partition coefficient (Wildman–Crippen LogP) is 5.59. The Hall–Kier alpha value is -3.14. The number of carbonyl (C=O) groups is 2. The fourth-order valence-corrected chi connectivity index (χ4v) is 4.40. The Kier molecular flexibility index (Phi) is 6.04. The average molecular weight is 484 g/mol. The first kappa shape index (κ1) is 23.0. The molecule has 0 saturated heterocycles. The highest BCUT2D eigenvalue weighted by Gasteiger charge is 2.37. The van der Waals surface area contributed by atoms with Crippen LogP contribution >= 0.6 is 11.6 Å². The van der Waals surface area contributed by atoms with Crippen molar-refractivity contribution in [3.05, 3.63) is 58.4 Å². The van der Waals surface area contributed by atoms with Gasteiger partial charge in [0.15, 0.2) is 5.82 Å². The molecule has 1 aromatic heterocycles. The van der Waals surface area contributed by atoms with E-state index in [1.165, 1.54) is 12.1 Å². The molecule has 2 N–H and O–H groups in total. The largest absolute Gasteiger partial charge is 0.481 e. The molecule has 3 aromatic rings. The lowest BCUT2D eigenvalue weighted by Gasteiger charge is -2.26. The summed E-state index contributed by atoms with van der Waals surface area (Å²) in [6.07, 6.45) is -3.04. The van der Waals surface area contributed by atoms with Crippen LogP contribution in [0, 0.1) is 11.7 Å². The second-order valence-corrected chi connectivity index (χ2v) is 8.30. The lowest BCUT2D eigenvalue weighted by molar-refractivity contribution is -0.142. The molecule has 1 aliphatic rings. The van der Waals surface area contributed by atoms with Crippen LogP contribution in [0.1, 0.15) is 41.6 Å². The third kappa shape index (κ3) is 4.39. The number of anilines is 1. The summed E-state index contributed by atoms with van der Waals surface area (Å²) in [5.41, 5.74) is -2.02. The van der Waals surface area contributed by atoms with E-state index in [1.54, 1.807) is 0 Å². The van der Waals surface area contributed by atoms with Gasteiger partial charge in [0.1, 0.15) is 5.82 Å². The number of nitrogens with one attached hydrogen (secondary N) is 1. The Balaban J connectivity index is 1.75. The highest BCUT2D eigenvalue weighted by atomic mass is 35.5. The molecule has 33 heavy (non-hydrogen) atoms. The molecular weight excluding hydrogens is 466 g/mol. The van der Waals surface area contributed by atoms with Crippen LogP contribution in [-0.4, -0.2) is 32.8 Å². The molecule has 174 valence electrons. The Bertz CT molecular complexity index is 1230. The first-order valence-corrected chi connectivity index (χ1v) is 10.5. The zero-order valence-corrected chi connectivity index (χ0v) is 17.8. The van der Waals surface area contributed by atoms with Crippen LogP contribution in [0.2, 0.25) is 5.02 Å². The van der Waals surface area contributed by atoms with Crippen molar-refractivity contribution in [2.75, 3.05) is 5.32 Å². The van der Waals surface area contributed by atoms with Gasteiger partial charge < -0.3 is 10.4 Å². The average Bonchev–Trinajstić information content (AvgIpc) is 3.12. The third-order valence-electron chi connectivity index (χ3n) is 5.80. The summed E-state index contributed by atoms with van der Waals surface area (Å²) in [5, 5.41) is 15.8. The first-order valence-electron chi connectivity index (χ1n) is 10.1. The maximum absolute atomic E-state index is 14.7. The Morgan fingerprint density at radius 3 is 2.39 bits per heavy atom. The van der Waals surface area contributed by atoms with E-state index >= 15 is 0 Å². The third-order valence-corrected chi connectivity index (χ3v) is 6.11. The van der Waals surface area contributed by atoms with Crippen LogP contribution in [0.5, 0.6) is 0 Å². The van der Waals surface area contributed by atoms with E-state index < -0.39 is 45.9 Å². The molecule has 0 bridgehead atoms. The number of nitrogens with zero attached hydrogens (tertiary/aromatic N) is 2. The van der Waals surface area contributed by atoms with Crippen molar-refractivity contribution in [2.45, 2.75) is 37.9 Å². The van der Waals surface area contributed by atoms with E-state index in [1.807, 2.05) is 0 Å². The van der Waals surface area contributed by atoms with Gasteiger partial charge in [-0.15, -0.1) is 5.10 Å². The van der Waals surface area contributed by atoms with Crippen LogP contribution in [0.15, 0.2) is 36.4 Å². The number of aliphatic carboxylic acids is 1. The number of hydrogen-bond acceptors (Lipinski definition) is 4. The lowest BCUT2D eigenvalue weighted by atomic mass is 9.86. The summed E-state index contributed by atoms with van der Waals surface area (Å²) >= 11 is 5.96. The number of alkyl halides is 3. The van der Waals surface area contributed by atoms with Crippen molar-refractivity contribution >= 4 is 40.2 Å². The Labute approximate surface area is 190 Å². The molecule has 0 spiro atoms. The summed E-state index contributed by atoms with van der Waals surface area (Å²) in [4.78, 5) is 24.3. The molecule has 0 amide bonds. The van der Waals surface area contributed by atoms with E-state index in [0.29, 0.717) is 30.4 Å². The molecule has 6 nitrogen and oxygen atoms in total. The molecule has 1 saturated carbocycles. The summed E-state index contributed by atoms with van der Waals surface area (Å²) < 4.78 is 56.0. The van der Waals surface area contributed by atoms with Crippen molar-refractivity contribution < 1.29 is 32.3 Å². The summed E-state index contributed by atoms with van der Waals surface area (Å²) in [5.74, 6) is -3.19. The number of fused-ring (bicyclic) bond motifs is 1. The molecule has 11 heteroatoms. The first-order chi connectivity index (χ1) is 15.6. The normalized spacial score (nSPS) is 18.9. The van der Waals surface area contributed by atoms with Crippen molar-refractivity contribution in [3.63, 3.8) is 0 Å². The van der Waals surface area contributed by atoms with Crippen LogP contribution in [-0.2, 0) is 11.0 Å². The van der Waals surface area contributed by atoms with Gasteiger partial charge in [0.05, 0.1) is 33.0 Å². The molecule has 0 radical (unpaired) electrons. The quantitative estimate of drug-likeness (QED) is 0.472. The lowest BCUT2D eigenvalue weighted by Crippen LogP contribution is -2.29. The maximum Gasteiger partial charge on any atom is 0.417 e. The van der Waals surface area contributed by atoms with Crippen LogP contribution < -0.4 is 5.32 Å². The van der Waals surface area contributed by atoms with E-state index in [-0.39, 0.29) is 22.8 Å². The number of carbonyl (C=O) groups excluding carboxylic acids is 1. The minimum Gasteiger partial charge on any atom is -0.481 e. The van der Waals surface area contributed by atoms with E-state index in [4.69, 9.17) is 16.7 Å². The van der Waals surface area contributed by atoms with Gasteiger partial charge in [0.25, 0.3) is 5.91 Å². The number of hydrogen-bond donors (Lipinski definition) is 2. The molecule has 1 heterocycles. The van der Waals surface area contributed by atoms with Crippen LogP contribution in [0.3, 0.4) is 0 Å². The SMILES string of the molecule is O=C(O)C1CCC(Nc2nn(C(=O)c3c(Cl)cccc3C(F)(F)F)c3cccc(F)c23)CC1. The summed E-state index contributed by atoms with van der Waals surface area (Å²) in [7, 11) is 0. The second kappa shape index (κ2) is 8.66. The predicted molar refractivity (Wildman–Crippen MR) is 113 cm³/mol. The van der Waals surface area contributed by atoms with Gasteiger partial charge in [0, 0.05) is 6.04 Å². The number of carboxylic acids is 1. The van der Waals surface area contributed by atoms with E-state index in [2.05, 4.69) is 10.4 Å². The number of carboxylic acid groups (broad SMARTS) is 1. The topological polar surface area (TPSA) is 84.2 Å². The Morgan fingerprint density at radius 2 is 1.76 bits per heavy atom. The standard InChI is InChI=1S/C22H18ClF4N3O3/c23-14-4-1-3-13(22(25,26)27)17(14)20(31)30-16-6-2-5-15(24)18(16)19(29-30)28-12-9-7-11(8-10-12)21(32)33/h1-6,11-12H,7-10H2,(H,28,29)(H,32,33). The molecule has 4 rings (SSSR count). The van der Waals surface area contributed by atoms with Gasteiger partial charge >= 0.3 is 12.1 Å². The van der Waals surface area contributed by atoms with E-state index in [9.17, 15) is 27.2 Å². The molecular formula is C22H18ClF4N3O3. The molecule has 0 atom stereocenters. The number of rotatable bonds is 4. The monoisotopic (exact) mass is 483 g/mol. The van der Waals surface area contributed by atoms with Crippen molar-refractivity contribution in [2.24, 2.45) is 5.92 Å². The number of benzene rings is 2. The second-order valence-electron chi connectivity index (χ2n) is 7.89. The molecule has 0 unspecified atom stereocenters. The summed E-state index contributed by atoms with van der Waals surface area (Å²) in [6.45, 7) is 0. The van der Waals surface area contributed by atoms with Crippen LogP contribution in [0.4, 0.5) is 23.4 Å². The molecule has 2 aromatic carbocycles. The fraction of sp³-hybridized carbons (Fsp3) is 0.318. The van der Waals surface area contributed by atoms with Gasteiger partial charge in [-0.1, -0.05) is 23.7 Å². The van der Waals surface area contributed by atoms with Gasteiger partial charge in [-0.2, -0.15) is 17.9 Å². The molecule has 1 aliphatic carbocycles. The highest BCUT2D eigenvalue weighted by Crippen LogP contribution is 2.37. The van der Waals surface area contributed by atoms with Gasteiger partial charge in [-0.3, -0.25) is 9.59 Å². The van der Waals surface area contributed by atoms with Gasteiger partial charge in [0.2, 0.25) is 0 Å². The van der Waals surface area contributed by atoms with E-state index in [0.717, 1.165) is 24.3 Å². The minimum atomic E-state index is -4.84. The zero-order chi connectivity index (χ0) is 23.9. The van der Waals surface area contributed by atoms with Crippen molar-refractivity contribution in [1.29, 1.82) is 0 Å².